The van der Waals surface area contributed by atoms with E-state index >= 15 is 0 Å². The maximum Gasteiger partial charge on any atom is 0.272 e. The predicted molar refractivity (Wildman–Crippen MR) is 114 cm³/mol. The van der Waals surface area contributed by atoms with Crippen LogP contribution in [0.15, 0.2) is 90.0 Å². The number of H-pyrrole nitrogens is 1. The molecule has 0 aliphatic carbocycles. The largest absolute Gasteiger partial charge is 0.321 e. The first-order chi connectivity index (χ1) is 14.2. The number of anilines is 1. The van der Waals surface area contributed by atoms with Crippen LogP contribution >= 0.6 is 0 Å². The minimum atomic E-state index is -0.367. The van der Waals surface area contributed by atoms with Crippen LogP contribution in [0.4, 0.5) is 5.69 Å². The lowest BCUT2D eigenvalue weighted by atomic mass is 10.1. The van der Waals surface area contributed by atoms with Gasteiger partial charge >= 0.3 is 0 Å². The van der Waals surface area contributed by atoms with Crippen molar-refractivity contribution in [2.24, 2.45) is 0 Å². The van der Waals surface area contributed by atoms with Gasteiger partial charge in [-0.2, -0.15) is 0 Å². The Morgan fingerprint density at radius 2 is 1.69 bits per heavy atom. The van der Waals surface area contributed by atoms with Crippen molar-refractivity contribution in [2.45, 2.75) is 0 Å². The van der Waals surface area contributed by atoms with Crippen LogP contribution in [0.2, 0.25) is 0 Å². The van der Waals surface area contributed by atoms with Gasteiger partial charge in [0.2, 0.25) is 0 Å². The molecule has 2 heterocycles. The Kier molecular flexibility index (Phi) is 3.95. The number of carbonyl (C=O) groups is 1. The second-order valence-corrected chi connectivity index (χ2v) is 6.70. The van der Waals surface area contributed by atoms with Gasteiger partial charge in [-0.3, -0.25) is 14.2 Å². The summed E-state index contributed by atoms with van der Waals surface area (Å²) in [4.78, 5) is 31.8. The van der Waals surface area contributed by atoms with E-state index in [1.807, 2.05) is 65.2 Å². The number of hydrogen-bond donors (Lipinski definition) is 2. The molecule has 6 heteroatoms. The zero-order valence-electron chi connectivity index (χ0n) is 15.3. The molecule has 0 spiro atoms. The van der Waals surface area contributed by atoms with Crippen LogP contribution in [0, 0.1) is 0 Å². The lowest BCUT2D eigenvalue weighted by Crippen LogP contribution is -2.18. The smallest absolute Gasteiger partial charge is 0.272 e. The maximum absolute atomic E-state index is 12.6. The number of nitrogens with one attached hydrogen (secondary N) is 2. The number of fused-ring (bicyclic) bond motifs is 2. The molecule has 0 saturated carbocycles. The lowest BCUT2D eigenvalue weighted by molar-refractivity contribution is 0.102. The summed E-state index contributed by atoms with van der Waals surface area (Å²) in [6, 6.07) is 24.2. The standard InChI is InChI=1S/C23H16N4O2/c28-22-18-6-2-1-5-15(18)13-20(26-22)23(29)25-16-9-11-17(12-10-16)27-14-24-19-7-3-4-8-21(19)27/h1-14H,(H,25,29)(H,26,28). The third-order valence-corrected chi connectivity index (χ3v) is 4.85. The Hall–Kier alpha value is -4.19. The number of pyridine rings is 1. The van der Waals surface area contributed by atoms with E-state index in [9.17, 15) is 9.59 Å². The number of amides is 1. The number of aromatic nitrogens is 3. The number of aromatic amines is 1. The second kappa shape index (κ2) is 6.76. The van der Waals surface area contributed by atoms with Crippen LogP contribution in [0.3, 0.4) is 0 Å². The molecule has 0 bridgehead atoms. The predicted octanol–water partition coefficient (Wildman–Crippen LogP) is 4.12. The van der Waals surface area contributed by atoms with Crippen LogP contribution in [0.1, 0.15) is 10.5 Å². The summed E-state index contributed by atoms with van der Waals surface area (Å²) in [6.07, 6.45) is 1.78. The van der Waals surface area contributed by atoms with Gasteiger partial charge < -0.3 is 10.3 Å². The Labute approximate surface area is 165 Å². The summed E-state index contributed by atoms with van der Waals surface area (Å²) in [5.41, 5.74) is 3.45. The van der Waals surface area contributed by atoms with Gasteiger partial charge in [-0.1, -0.05) is 30.3 Å². The number of hydrogen-bond acceptors (Lipinski definition) is 3. The molecule has 3 aromatic carbocycles. The third kappa shape index (κ3) is 3.06. The molecular weight excluding hydrogens is 364 g/mol. The van der Waals surface area contributed by atoms with E-state index in [2.05, 4.69) is 15.3 Å². The first-order valence-corrected chi connectivity index (χ1v) is 9.15. The van der Waals surface area contributed by atoms with Crippen LogP contribution in [0.25, 0.3) is 27.5 Å². The van der Waals surface area contributed by atoms with Crippen molar-refractivity contribution in [3.63, 3.8) is 0 Å². The fourth-order valence-electron chi connectivity index (χ4n) is 3.40. The highest BCUT2D eigenvalue weighted by molar-refractivity contribution is 6.04. The quantitative estimate of drug-likeness (QED) is 0.494. The van der Waals surface area contributed by atoms with Crippen LogP contribution in [-0.2, 0) is 0 Å². The summed E-state index contributed by atoms with van der Waals surface area (Å²) >= 11 is 0. The van der Waals surface area contributed by atoms with E-state index in [1.54, 1.807) is 24.5 Å². The van der Waals surface area contributed by atoms with E-state index < -0.39 is 0 Å². The van der Waals surface area contributed by atoms with Gasteiger partial charge in [-0.15, -0.1) is 0 Å². The number of nitrogens with zero attached hydrogens (tertiary/aromatic N) is 2. The summed E-state index contributed by atoms with van der Waals surface area (Å²) in [5, 5.41) is 4.11. The van der Waals surface area contributed by atoms with Gasteiger partial charge in [0.25, 0.3) is 11.5 Å². The van der Waals surface area contributed by atoms with Gasteiger partial charge in [0.15, 0.2) is 0 Å². The topological polar surface area (TPSA) is 79.8 Å². The van der Waals surface area contributed by atoms with Crippen LogP contribution < -0.4 is 10.9 Å². The molecule has 0 aliphatic heterocycles. The molecule has 0 unspecified atom stereocenters. The Balaban J connectivity index is 1.41. The number of para-hydroxylation sites is 2. The summed E-state index contributed by atoms with van der Waals surface area (Å²) in [5.74, 6) is -0.367. The Morgan fingerprint density at radius 1 is 0.931 bits per heavy atom. The van der Waals surface area contributed by atoms with E-state index in [1.165, 1.54) is 0 Å². The zero-order valence-corrected chi connectivity index (χ0v) is 15.3. The highest BCUT2D eigenvalue weighted by Crippen LogP contribution is 2.20. The SMILES string of the molecule is O=C(Nc1ccc(-n2cnc3ccccc32)cc1)c1cc2ccccc2c(=O)[nH]1. The first-order valence-electron chi connectivity index (χ1n) is 9.15. The van der Waals surface area contributed by atoms with Crippen LogP contribution in [-0.4, -0.2) is 20.4 Å². The monoisotopic (exact) mass is 380 g/mol. The third-order valence-electron chi connectivity index (χ3n) is 4.85. The van der Waals surface area contributed by atoms with Crippen molar-refractivity contribution in [1.29, 1.82) is 0 Å². The molecule has 0 radical (unpaired) electrons. The van der Waals surface area contributed by atoms with Gasteiger partial charge in [-0.25, -0.2) is 4.98 Å². The van der Waals surface area contributed by atoms with Gasteiger partial charge in [0, 0.05) is 16.8 Å². The van der Waals surface area contributed by atoms with Crippen molar-refractivity contribution < 1.29 is 4.79 Å². The highest BCUT2D eigenvalue weighted by atomic mass is 16.2. The molecule has 140 valence electrons. The molecule has 0 atom stereocenters. The maximum atomic E-state index is 12.6. The van der Waals surface area contributed by atoms with Crippen molar-refractivity contribution in [2.75, 3.05) is 5.32 Å². The fraction of sp³-hybridized carbons (Fsp3) is 0. The first kappa shape index (κ1) is 16.9. The van der Waals surface area contributed by atoms with Gasteiger partial charge in [-0.05, 0) is 53.9 Å². The molecule has 6 nitrogen and oxygen atoms in total. The molecule has 5 rings (SSSR count). The van der Waals surface area contributed by atoms with E-state index in [-0.39, 0.29) is 17.2 Å². The number of benzene rings is 3. The Bertz CT molecular complexity index is 1410. The molecule has 0 aliphatic rings. The summed E-state index contributed by atoms with van der Waals surface area (Å²) < 4.78 is 1.99. The summed E-state index contributed by atoms with van der Waals surface area (Å²) in [7, 11) is 0. The van der Waals surface area contributed by atoms with E-state index in [0.29, 0.717) is 11.1 Å². The van der Waals surface area contributed by atoms with E-state index in [0.717, 1.165) is 22.1 Å². The molecule has 0 fully saturated rings. The molecule has 5 aromatic rings. The molecule has 29 heavy (non-hydrogen) atoms. The van der Waals surface area contributed by atoms with Gasteiger partial charge in [0.1, 0.15) is 12.0 Å². The van der Waals surface area contributed by atoms with Crippen LogP contribution in [0.5, 0.6) is 0 Å². The fourth-order valence-corrected chi connectivity index (χ4v) is 3.40. The molecular formula is C23H16N4O2. The molecule has 0 saturated heterocycles. The minimum Gasteiger partial charge on any atom is -0.321 e. The minimum absolute atomic E-state index is 0.221. The molecule has 1 amide bonds. The zero-order chi connectivity index (χ0) is 19.8. The molecule has 2 aromatic heterocycles. The number of rotatable bonds is 3. The van der Waals surface area contributed by atoms with Crippen molar-refractivity contribution >= 4 is 33.4 Å². The average molecular weight is 380 g/mol. The van der Waals surface area contributed by atoms with Crippen molar-refractivity contribution in [3.05, 3.63) is 101 Å². The van der Waals surface area contributed by atoms with Gasteiger partial charge in [0.05, 0.1) is 11.0 Å². The number of carbonyl (C=O) groups excluding carboxylic acids is 1. The number of imidazole rings is 1. The summed E-state index contributed by atoms with van der Waals surface area (Å²) in [6.45, 7) is 0. The van der Waals surface area contributed by atoms with Crippen molar-refractivity contribution in [1.82, 2.24) is 14.5 Å². The Morgan fingerprint density at radius 3 is 2.55 bits per heavy atom. The van der Waals surface area contributed by atoms with Crippen molar-refractivity contribution in [3.8, 4) is 5.69 Å². The average Bonchev–Trinajstić information content (AvgIpc) is 3.18. The highest BCUT2D eigenvalue weighted by Gasteiger charge is 2.10. The normalized spacial score (nSPS) is 11.0. The lowest BCUT2D eigenvalue weighted by Gasteiger charge is -2.08. The molecule has 2 N–H and O–H groups in total. The second-order valence-electron chi connectivity index (χ2n) is 6.70. The van der Waals surface area contributed by atoms with E-state index in [4.69, 9.17) is 0 Å².